The molecule has 0 heterocycles. The number of esters is 2. The lowest BCUT2D eigenvalue weighted by molar-refractivity contribution is -0.889. The number of nitrogens with zero attached hydrogens (tertiary/aromatic N) is 1. The summed E-state index contributed by atoms with van der Waals surface area (Å²) in [7, 11) is 5.35. The minimum atomic E-state index is -1.14. The smallest absolute Gasteiger partial charge is 0.306 e. The van der Waals surface area contributed by atoms with E-state index in [0.717, 1.165) is 51.4 Å². The first-order valence-electron chi connectivity index (χ1n) is 18.3. The van der Waals surface area contributed by atoms with Gasteiger partial charge in [-0.25, -0.2) is 0 Å². The maximum Gasteiger partial charge on any atom is 0.306 e. The first-order chi connectivity index (χ1) is 24.1. The van der Waals surface area contributed by atoms with Gasteiger partial charge in [0.15, 0.2) is 6.10 Å². The van der Waals surface area contributed by atoms with E-state index in [1.54, 1.807) is 21.1 Å². The Labute approximate surface area is 303 Å². The first-order valence-corrected chi connectivity index (χ1v) is 18.3. The van der Waals surface area contributed by atoms with Gasteiger partial charge in [-0.3, -0.25) is 9.59 Å². The van der Waals surface area contributed by atoms with Crippen molar-refractivity contribution in [3.8, 4) is 0 Å². The lowest BCUT2D eigenvalue weighted by atomic mass is 10.1. The third kappa shape index (κ3) is 30.3. The quantitative estimate of drug-likeness (QED) is 0.0248. The lowest BCUT2D eigenvalue weighted by Crippen LogP contribution is -2.55. The molecule has 0 aromatic rings. The highest BCUT2D eigenvalue weighted by molar-refractivity contribution is 5.70. The summed E-state index contributed by atoms with van der Waals surface area (Å²) >= 11 is 0. The summed E-state index contributed by atoms with van der Waals surface area (Å²) in [6.07, 6.45) is 41.6. The molecular weight excluding hydrogens is 630 g/mol. The molecular formula is C42H65NO7. The van der Waals surface area contributed by atoms with Crippen LogP contribution in [0.3, 0.4) is 0 Å². The van der Waals surface area contributed by atoms with Crippen LogP contribution in [-0.4, -0.2) is 75.5 Å². The number of hydrogen-bond donors (Lipinski definition) is 0. The maximum absolute atomic E-state index is 12.6. The van der Waals surface area contributed by atoms with Crippen molar-refractivity contribution < 1.29 is 38.2 Å². The average molecular weight is 696 g/mol. The number of allylic oxidation sites excluding steroid dienone is 16. The predicted octanol–water partition coefficient (Wildman–Crippen LogP) is 7.84. The Morgan fingerprint density at radius 1 is 0.620 bits per heavy atom. The lowest BCUT2D eigenvalue weighted by Gasteiger charge is -2.34. The van der Waals surface area contributed by atoms with Crippen LogP contribution in [0.2, 0.25) is 0 Å². The average Bonchev–Trinajstić information content (AvgIpc) is 3.06. The number of aliphatic carboxylic acids is 1. The third-order valence-corrected chi connectivity index (χ3v) is 7.38. The topological polar surface area (TPSA) is 102 Å². The molecule has 0 radical (unpaired) electrons. The number of carboxylic acids is 1. The summed E-state index contributed by atoms with van der Waals surface area (Å²) < 4.78 is 16.9. The Balaban J connectivity index is 4.56. The van der Waals surface area contributed by atoms with Crippen molar-refractivity contribution in [3.63, 3.8) is 0 Å². The molecule has 280 valence electrons. The Bertz CT molecular complexity index is 1140. The number of likely N-dealkylation sites (N-methyl/N-ethyl adjacent to an activating group) is 1. The fraction of sp³-hybridized carbons (Fsp3) is 0.548. The number of unbranched alkanes of at least 4 members (excludes halogenated alkanes) is 5. The second-order valence-electron chi connectivity index (χ2n) is 12.8. The fourth-order valence-electron chi connectivity index (χ4n) is 4.55. The van der Waals surface area contributed by atoms with Crippen molar-refractivity contribution in [2.24, 2.45) is 0 Å². The molecule has 0 aliphatic carbocycles. The van der Waals surface area contributed by atoms with Gasteiger partial charge in [0.25, 0.3) is 0 Å². The zero-order valence-electron chi connectivity index (χ0n) is 31.5. The van der Waals surface area contributed by atoms with Gasteiger partial charge in [-0.2, -0.15) is 0 Å². The van der Waals surface area contributed by atoms with E-state index in [0.29, 0.717) is 12.8 Å². The summed E-state index contributed by atoms with van der Waals surface area (Å²) in [5.41, 5.74) is 0. The van der Waals surface area contributed by atoms with E-state index in [2.05, 4.69) is 50.3 Å². The molecule has 2 unspecified atom stereocenters. The van der Waals surface area contributed by atoms with Crippen molar-refractivity contribution in [2.45, 2.75) is 109 Å². The molecule has 0 amide bonds. The summed E-state index contributed by atoms with van der Waals surface area (Å²) in [4.78, 5) is 36.5. The molecule has 0 rings (SSSR count). The van der Waals surface area contributed by atoms with Crippen LogP contribution in [0.1, 0.15) is 97.3 Å². The molecule has 0 saturated heterocycles. The molecule has 0 bridgehead atoms. The molecule has 0 aromatic carbocycles. The van der Waals surface area contributed by atoms with Gasteiger partial charge in [-0.05, 0) is 57.8 Å². The van der Waals surface area contributed by atoms with Gasteiger partial charge in [-0.1, -0.05) is 117 Å². The van der Waals surface area contributed by atoms with Crippen LogP contribution in [0.25, 0.3) is 0 Å². The monoisotopic (exact) mass is 695 g/mol. The van der Waals surface area contributed by atoms with Gasteiger partial charge in [0, 0.05) is 19.3 Å². The van der Waals surface area contributed by atoms with E-state index in [9.17, 15) is 19.5 Å². The van der Waals surface area contributed by atoms with Gasteiger partial charge in [-0.15, -0.1) is 0 Å². The molecule has 50 heavy (non-hydrogen) atoms. The first kappa shape index (κ1) is 46.2. The van der Waals surface area contributed by atoms with Crippen LogP contribution in [-0.2, 0) is 28.6 Å². The van der Waals surface area contributed by atoms with Gasteiger partial charge in [0.1, 0.15) is 12.6 Å². The van der Waals surface area contributed by atoms with E-state index in [1.165, 1.54) is 0 Å². The Morgan fingerprint density at radius 3 is 1.78 bits per heavy atom. The maximum atomic E-state index is 12.6. The zero-order chi connectivity index (χ0) is 37.1. The van der Waals surface area contributed by atoms with Crippen molar-refractivity contribution in [2.75, 3.05) is 41.0 Å². The van der Waals surface area contributed by atoms with E-state index in [4.69, 9.17) is 14.2 Å². The number of carboxylic acid groups (broad SMARTS) is 1. The summed E-state index contributed by atoms with van der Waals surface area (Å²) in [6.45, 7) is 4.25. The van der Waals surface area contributed by atoms with Crippen LogP contribution >= 0.6 is 0 Å². The Morgan fingerprint density at radius 2 is 1.16 bits per heavy atom. The summed E-state index contributed by atoms with van der Waals surface area (Å²) in [6, 6.07) is -0.742. The molecule has 2 atom stereocenters. The van der Waals surface area contributed by atoms with Crippen LogP contribution in [0.5, 0.6) is 0 Å². The highest BCUT2D eigenvalue weighted by Gasteiger charge is 2.25. The van der Waals surface area contributed by atoms with Crippen LogP contribution in [0.4, 0.5) is 0 Å². The van der Waals surface area contributed by atoms with Crippen molar-refractivity contribution in [3.05, 3.63) is 97.2 Å². The highest BCUT2D eigenvalue weighted by Crippen LogP contribution is 2.10. The molecule has 0 aliphatic rings. The van der Waals surface area contributed by atoms with Crippen molar-refractivity contribution >= 4 is 17.9 Å². The number of hydrogen-bond acceptors (Lipinski definition) is 7. The van der Waals surface area contributed by atoms with Gasteiger partial charge in [0.05, 0.1) is 40.3 Å². The SMILES string of the molecule is CC/C=C/C=C/C=C/C=C/C=C/C=C/CCCCCC(=O)OCC(COCCC(C(=O)[O-])[N+](C)(C)C)OC(=O)CCCC/C=C/C/C=C/CC. The molecule has 0 fully saturated rings. The number of quaternary nitrogens is 1. The number of carbonyl (C=O) groups excluding carboxylic acids is 3. The zero-order valence-corrected chi connectivity index (χ0v) is 31.5. The Kier molecular flexibility index (Phi) is 30.0. The molecule has 0 saturated carbocycles. The van der Waals surface area contributed by atoms with Gasteiger partial charge in [0.2, 0.25) is 0 Å². The summed E-state index contributed by atoms with van der Waals surface area (Å²) in [5.74, 6) is -1.86. The second kappa shape index (κ2) is 32.5. The minimum absolute atomic E-state index is 0.00546. The predicted molar refractivity (Wildman–Crippen MR) is 203 cm³/mol. The van der Waals surface area contributed by atoms with Crippen LogP contribution in [0.15, 0.2) is 97.2 Å². The second-order valence-corrected chi connectivity index (χ2v) is 12.8. The van der Waals surface area contributed by atoms with E-state index < -0.39 is 18.1 Å². The van der Waals surface area contributed by atoms with Crippen LogP contribution in [0, 0.1) is 0 Å². The molecule has 0 spiro atoms. The van der Waals surface area contributed by atoms with Crippen molar-refractivity contribution in [1.29, 1.82) is 0 Å². The van der Waals surface area contributed by atoms with E-state index in [-0.39, 0.29) is 55.5 Å². The van der Waals surface area contributed by atoms with Crippen molar-refractivity contribution in [1.82, 2.24) is 0 Å². The normalized spacial score (nSPS) is 14.2. The molecule has 8 heteroatoms. The fourth-order valence-corrected chi connectivity index (χ4v) is 4.55. The third-order valence-electron chi connectivity index (χ3n) is 7.38. The van der Waals surface area contributed by atoms with Crippen LogP contribution < -0.4 is 5.11 Å². The largest absolute Gasteiger partial charge is 0.544 e. The molecule has 0 aromatic heterocycles. The van der Waals surface area contributed by atoms with Gasteiger partial charge >= 0.3 is 11.9 Å². The number of rotatable bonds is 30. The molecule has 0 N–H and O–H groups in total. The summed E-state index contributed by atoms with van der Waals surface area (Å²) in [5, 5.41) is 11.6. The molecule has 0 aliphatic heterocycles. The van der Waals surface area contributed by atoms with E-state index >= 15 is 0 Å². The standard InChI is InChI=1S/C42H65NO7/c1-6-8-10-12-14-16-17-18-19-20-21-22-23-25-26-28-30-32-40(44)49-37-38(36-48-35-34-39(42(46)47)43(3,4)5)50-41(45)33-31-29-27-24-15-13-11-9-7-2/h8-12,14-24,38-39H,6-7,13,25-37H2,1-5H3/b10-8+,11-9+,14-12+,17-16+,19-18+,21-20+,23-22+,24-15+. The Hall–Kier alpha value is -3.75. The number of ether oxygens (including phenoxy) is 3. The van der Waals surface area contributed by atoms with E-state index in [1.807, 2.05) is 60.8 Å². The minimum Gasteiger partial charge on any atom is -0.544 e. The molecule has 8 nitrogen and oxygen atoms in total. The number of carbonyl (C=O) groups is 3. The van der Waals surface area contributed by atoms with Gasteiger partial charge < -0.3 is 28.6 Å². The highest BCUT2D eigenvalue weighted by atomic mass is 16.6.